The molecule has 0 aliphatic carbocycles. The van der Waals surface area contributed by atoms with E-state index >= 15 is 0 Å². The van der Waals surface area contributed by atoms with Gasteiger partial charge in [-0.3, -0.25) is 0 Å². The van der Waals surface area contributed by atoms with Crippen LogP contribution in [0.25, 0.3) is 10.8 Å². The number of benzene rings is 2. The molecule has 0 amide bonds. The molecule has 2 rings (SSSR count). The predicted molar refractivity (Wildman–Crippen MR) is 69.0 cm³/mol. The van der Waals surface area contributed by atoms with Crippen molar-refractivity contribution in [1.29, 1.82) is 0 Å². The number of hydrogen-bond acceptors (Lipinski definition) is 9. The summed E-state index contributed by atoms with van der Waals surface area (Å²) in [5.41, 5.74) is 5.74. The Balaban J connectivity index is 0.00000242. The summed E-state index contributed by atoms with van der Waals surface area (Å²) in [6, 6.07) is 5.93. The molecule has 0 aromatic heterocycles. The number of nitrogen functional groups attached to an aromatic ring is 1. The molecule has 0 atom stereocenters. The van der Waals surface area contributed by atoms with Crippen molar-refractivity contribution < 1.29 is 93.4 Å². The van der Waals surface area contributed by atoms with Crippen molar-refractivity contribution in [2.75, 3.05) is 5.73 Å². The van der Waals surface area contributed by atoms with Gasteiger partial charge in [0, 0.05) is 17.1 Å². The average Bonchev–Trinajstić information content (AvgIpc) is 2.23. The Morgan fingerprint density at radius 2 is 1.30 bits per heavy atom. The van der Waals surface area contributed by atoms with Crippen LogP contribution in [0, 0.1) is 0 Å². The van der Waals surface area contributed by atoms with Gasteiger partial charge in [0.05, 0.1) is 0 Å². The van der Waals surface area contributed by atoms with Crippen LogP contribution in [0.4, 0.5) is 5.69 Å². The third-order valence-electron chi connectivity index (χ3n) is 2.33. The largest absolute Gasteiger partial charge is 1.00 e. The van der Waals surface area contributed by atoms with Crippen LogP contribution in [-0.4, -0.2) is 25.9 Å². The molecule has 0 saturated carbocycles. The maximum absolute atomic E-state index is 10.5. The van der Waals surface area contributed by atoms with Gasteiger partial charge in [-0.2, -0.15) is 0 Å². The van der Waals surface area contributed by atoms with Gasteiger partial charge in [-0.25, -0.2) is 16.8 Å². The van der Waals surface area contributed by atoms with Crippen LogP contribution in [0.2, 0.25) is 0 Å². The van der Waals surface area contributed by atoms with E-state index in [0.717, 1.165) is 18.2 Å². The SMILES string of the molecule is Nc1cc(OS(=O)(=O)[O-])cc2cc(OS(=O)(=O)[O-])ccc12.[Na+].[Na+]. The monoisotopic (exact) mass is 379 g/mol. The fourth-order valence-corrected chi connectivity index (χ4v) is 2.36. The number of fused-ring (bicyclic) bond motifs is 1. The molecule has 0 unspecified atom stereocenters. The summed E-state index contributed by atoms with van der Waals surface area (Å²) in [6.07, 6.45) is 0. The molecular formula is C10H7NNa2O8S2. The summed E-state index contributed by atoms with van der Waals surface area (Å²) in [7, 11) is -9.94. The molecule has 0 fully saturated rings. The standard InChI is InChI=1S/C10H9NO8S2.2Na/c11-10-5-8(19-21(15,16)17)4-6-3-7(1-2-9(6)10)18-20(12,13)14;;/h1-5H,11H2,(H,12,13,14)(H,15,16,17);;/q;2*+1/p-2. The minimum Gasteiger partial charge on any atom is -0.716 e. The summed E-state index contributed by atoms with van der Waals surface area (Å²) in [6.45, 7) is 0. The van der Waals surface area contributed by atoms with Crippen LogP contribution < -0.4 is 73.2 Å². The van der Waals surface area contributed by atoms with Gasteiger partial charge in [-0.15, -0.1) is 0 Å². The Hall–Kier alpha value is -0.0800. The van der Waals surface area contributed by atoms with Crippen LogP contribution in [-0.2, 0) is 20.8 Å². The quantitative estimate of drug-likeness (QED) is 0.236. The zero-order valence-electron chi connectivity index (χ0n) is 12.0. The summed E-state index contributed by atoms with van der Waals surface area (Å²) in [5.74, 6) is -0.642. The van der Waals surface area contributed by atoms with E-state index in [1.807, 2.05) is 0 Å². The summed E-state index contributed by atoms with van der Waals surface area (Å²) < 4.78 is 71.4. The maximum Gasteiger partial charge on any atom is 1.00 e. The van der Waals surface area contributed by atoms with Gasteiger partial charge in [-0.1, -0.05) is 0 Å². The first-order chi connectivity index (χ1) is 9.53. The fourth-order valence-electron chi connectivity index (χ4n) is 1.68. The third kappa shape index (κ3) is 7.13. The zero-order valence-corrected chi connectivity index (χ0v) is 17.7. The van der Waals surface area contributed by atoms with E-state index in [1.165, 1.54) is 12.1 Å². The Morgan fingerprint density at radius 3 is 1.83 bits per heavy atom. The van der Waals surface area contributed by atoms with Crippen molar-refractivity contribution in [3.05, 3.63) is 30.3 Å². The van der Waals surface area contributed by atoms with Gasteiger partial charge < -0.3 is 23.2 Å². The molecule has 13 heteroatoms. The van der Waals surface area contributed by atoms with E-state index < -0.39 is 20.8 Å². The minimum absolute atomic E-state index is 0. The topological polar surface area (TPSA) is 159 Å². The van der Waals surface area contributed by atoms with Crippen molar-refractivity contribution >= 4 is 37.3 Å². The van der Waals surface area contributed by atoms with Gasteiger partial charge in [0.2, 0.25) is 0 Å². The second-order valence-corrected chi connectivity index (χ2v) is 5.84. The van der Waals surface area contributed by atoms with Crippen molar-refractivity contribution in [2.24, 2.45) is 0 Å². The Labute approximate surface area is 176 Å². The second kappa shape index (κ2) is 8.34. The Bertz CT molecular complexity index is 909. The first kappa shape index (κ1) is 22.9. The van der Waals surface area contributed by atoms with Crippen molar-refractivity contribution in [2.45, 2.75) is 0 Å². The molecule has 114 valence electrons. The number of nitrogens with two attached hydrogens (primary N) is 1. The van der Waals surface area contributed by atoms with Crippen molar-refractivity contribution in [1.82, 2.24) is 0 Å². The average molecular weight is 379 g/mol. The third-order valence-corrected chi connectivity index (χ3v) is 3.12. The van der Waals surface area contributed by atoms with Crippen molar-refractivity contribution in [3.63, 3.8) is 0 Å². The molecule has 0 radical (unpaired) electrons. The molecule has 0 aliphatic rings. The normalized spacial score (nSPS) is 11.2. The van der Waals surface area contributed by atoms with Crippen LogP contribution in [0.5, 0.6) is 11.5 Å². The number of hydrogen-bond donors (Lipinski definition) is 1. The second-order valence-electron chi connectivity index (χ2n) is 3.88. The molecule has 2 aromatic carbocycles. The minimum atomic E-state index is -4.98. The number of anilines is 1. The molecule has 9 nitrogen and oxygen atoms in total. The Morgan fingerprint density at radius 1 is 0.826 bits per heavy atom. The Kier molecular flexibility index (Phi) is 8.31. The fraction of sp³-hybridized carbons (Fsp3) is 0. The van der Waals surface area contributed by atoms with E-state index in [9.17, 15) is 25.9 Å². The number of rotatable bonds is 4. The summed E-state index contributed by atoms with van der Waals surface area (Å²) in [5, 5.41) is 0.635. The van der Waals surface area contributed by atoms with Crippen LogP contribution >= 0.6 is 0 Å². The van der Waals surface area contributed by atoms with Gasteiger partial charge in [0.15, 0.2) is 0 Å². The first-order valence-corrected chi connectivity index (χ1v) is 7.84. The summed E-state index contributed by atoms with van der Waals surface area (Å²) in [4.78, 5) is 0. The van der Waals surface area contributed by atoms with Gasteiger partial charge in [0.25, 0.3) is 20.8 Å². The van der Waals surface area contributed by atoms with Gasteiger partial charge in [0.1, 0.15) is 11.5 Å². The molecule has 23 heavy (non-hydrogen) atoms. The molecule has 2 aromatic rings. The molecule has 0 aliphatic heterocycles. The van der Waals surface area contributed by atoms with E-state index in [2.05, 4.69) is 8.37 Å². The first-order valence-electron chi connectivity index (χ1n) is 5.17. The molecule has 0 heterocycles. The molecular weight excluding hydrogens is 372 g/mol. The van der Waals surface area contributed by atoms with Gasteiger partial charge in [-0.05, 0) is 29.7 Å². The smallest absolute Gasteiger partial charge is 0.716 e. The molecule has 0 bridgehead atoms. The van der Waals surface area contributed by atoms with Crippen molar-refractivity contribution in [3.8, 4) is 11.5 Å². The molecule has 0 saturated heterocycles. The zero-order chi connectivity index (χ0) is 15.8. The molecule has 0 spiro atoms. The van der Waals surface area contributed by atoms with Crippen LogP contribution in [0.15, 0.2) is 30.3 Å². The van der Waals surface area contributed by atoms with Gasteiger partial charge >= 0.3 is 59.1 Å². The van der Waals surface area contributed by atoms with Crippen LogP contribution in [0.1, 0.15) is 0 Å². The van der Waals surface area contributed by atoms with E-state index in [1.54, 1.807) is 0 Å². The van der Waals surface area contributed by atoms with E-state index in [-0.39, 0.29) is 81.7 Å². The maximum atomic E-state index is 10.5. The predicted octanol–water partition coefficient (Wildman–Crippen LogP) is -5.89. The van der Waals surface area contributed by atoms with E-state index in [0.29, 0.717) is 5.39 Å². The molecule has 2 N–H and O–H groups in total. The van der Waals surface area contributed by atoms with Crippen LogP contribution in [0.3, 0.4) is 0 Å². The summed E-state index contributed by atoms with van der Waals surface area (Å²) >= 11 is 0. The van der Waals surface area contributed by atoms with E-state index in [4.69, 9.17) is 5.73 Å².